The van der Waals surface area contributed by atoms with Gasteiger partial charge in [-0.05, 0) is 38.0 Å². The summed E-state index contributed by atoms with van der Waals surface area (Å²) in [5, 5.41) is 2.79. The Balaban J connectivity index is 2.47. The standard InChI is InChI=1S/C14H20ClNO2/c1-10-5-4-6-13(12(10)3)18-11(2)9-16-14(17)7-8-15/h4-6,11H,7-9H2,1-3H3,(H,16,17). The van der Waals surface area contributed by atoms with Crippen molar-refractivity contribution in [3.05, 3.63) is 29.3 Å². The molecule has 0 bridgehead atoms. The highest BCUT2D eigenvalue weighted by atomic mass is 35.5. The van der Waals surface area contributed by atoms with Crippen LogP contribution in [0.15, 0.2) is 18.2 Å². The molecular formula is C14H20ClNO2. The van der Waals surface area contributed by atoms with Gasteiger partial charge in [0.25, 0.3) is 0 Å². The fraction of sp³-hybridized carbons (Fsp3) is 0.500. The number of amides is 1. The lowest BCUT2D eigenvalue weighted by molar-refractivity contribution is -0.121. The van der Waals surface area contributed by atoms with Gasteiger partial charge in [-0.1, -0.05) is 12.1 Å². The second-order valence-electron chi connectivity index (χ2n) is 4.37. The molecule has 0 aliphatic rings. The normalized spacial score (nSPS) is 12.0. The largest absolute Gasteiger partial charge is 0.489 e. The lowest BCUT2D eigenvalue weighted by Crippen LogP contribution is -2.33. The maximum atomic E-state index is 11.3. The van der Waals surface area contributed by atoms with Crippen LogP contribution in [0.1, 0.15) is 24.5 Å². The predicted molar refractivity (Wildman–Crippen MR) is 74.4 cm³/mol. The topological polar surface area (TPSA) is 38.3 Å². The summed E-state index contributed by atoms with van der Waals surface area (Å²) in [7, 11) is 0. The minimum absolute atomic E-state index is 0.0404. The van der Waals surface area contributed by atoms with Crippen molar-refractivity contribution in [3.8, 4) is 5.75 Å². The van der Waals surface area contributed by atoms with Gasteiger partial charge in [-0.15, -0.1) is 11.6 Å². The molecule has 1 atom stereocenters. The van der Waals surface area contributed by atoms with Crippen LogP contribution in [0, 0.1) is 13.8 Å². The number of halogens is 1. The lowest BCUT2D eigenvalue weighted by atomic mass is 10.1. The molecule has 0 fully saturated rings. The first-order chi connectivity index (χ1) is 8.54. The molecule has 0 saturated heterocycles. The minimum atomic E-state index is -0.0650. The second kappa shape index (κ2) is 7.27. The van der Waals surface area contributed by atoms with Gasteiger partial charge >= 0.3 is 0 Å². The number of hydrogen-bond donors (Lipinski definition) is 1. The quantitative estimate of drug-likeness (QED) is 0.807. The minimum Gasteiger partial charge on any atom is -0.489 e. The van der Waals surface area contributed by atoms with Crippen LogP contribution in [-0.2, 0) is 4.79 Å². The van der Waals surface area contributed by atoms with E-state index in [-0.39, 0.29) is 12.0 Å². The Morgan fingerprint density at radius 3 is 2.83 bits per heavy atom. The van der Waals surface area contributed by atoms with Crippen LogP contribution in [0.5, 0.6) is 5.75 Å². The Morgan fingerprint density at radius 1 is 1.44 bits per heavy atom. The van der Waals surface area contributed by atoms with Crippen LogP contribution in [-0.4, -0.2) is 24.4 Å². The van der Waals surface area contributed by atoms with Crippen molar-refractivity contribution in [1.82, 2.24) is 5.32 Å². The van der Waals surface area contributed by atoms with Crippen molar-refractivity contribution in [3.63, 3.8) is 0 Å². The molecule has 100 valence electrons. The molecule has 1 amide bonds. The summed E-state index contributed by atoms with van der Waals surface area (Å²) in [6.45, 7) is 6.50. The Hall–Kier alpha value is -1.22. The molecule has 1 unspecified atom stereocenters. The highest BCUT2D eigenvalue weighted by Crippen LogP contribution is 2.21. The van der Waals surface area contributed by atoms with Gasteiger partial charge in [-0.2, -0.15) is 0 Å². The van der Waals surface area contributed by atoms with E-state index in [1.807, 2.05) is 26.0 Å². The first-order valence-corrected chi connectivity index (χ1v) is 6.63. The number of ether oxygens (including phenoxy) is 1. The van der Waals surface area contributed by atoms with E-state index < -0.39 is 0 Å². The van der Waals surface area contributed by atoms with E-state index in [1.54, 1.807) is 0 Å². The summed E-state index contributed by atoms with van der Waals surface area (Å²) in [5.74, 6) is 1.17. The lowest BCUT2D eigenvalue weighted by Gasteiger charge is -2.17. The first-order valence-electron chi connectivity index (χ1n) is 6.10. The molecule has 0 radical (unpaired) electrons. The molecule has 0 aromatic heterocycles. The molecule has 0 aliphatic heterocycles. The van der Waals surface area contributed by atoms with E-state index in [4.69, 9.17) is 16.3 Å². The van der Waals surface area contributed by atoms with Crippen molar-refractivity contribution < 1.29 is 9.53 Å². The third kappa shape index (κ3) is 4.57. The number of hydrogen-bond acceptors (Lipinski definition) is 2. The van der Waals surface area contributed by atoms with Crippen LogP contribution >= 0.6 is 11.6 Å². The van der Waals surface area contributed by atoms with Crippen LogP contribution in [0.4, 0.5) is 0 Å². The van der Waals surface area contributed by atoms with E-state index in [1.165, 1.54) is 5.56 Å². The summed E-state index contributed by atoms with van der Waals surface area (Å²) < 4.78 is 5.81. The number of alkyl halides is 1. The highest BCUT2D eigenvalue weighted by molar-refractivity contribution is 6.18. The highest BCUT2D eigenvalue weighted by Gasteiger charge is 2.09. The van der Waals surface area contributed by atoms with Gasteiger partial charge in [-0.25, -0.2) is 0 Å². The zero-order valence-corrected chi connectivity index (χ0v) is 11.9. The molecule has 0 heterocycles. The molecule has 4 heteroatoms. The van der Waals surface area contributed by atoms with Gasteiger partial charge in [0.1, 0.15) is 11.9 Å². The third-order valence-electron chi connectivity index (χ3n) is 2.79. The Labute approximate surface area is 113 Å². The molecule has 3 nitrogen and oxygen atoms in total. The predicted octanol–water partition coefficient (Wildman–Crippen LogP) is 2.82. The van der Waals surface area contributed by atoms with Gasteiger partial charge < -0.3 is 10.1 Å². The van der Waals surface area contributed by atoms with Crippen molar-refractivity contribution in [2.24, 2.45) is 0 Å². The summed E-state index contributed by atoms with van der Waals surface area (Å²) in [6.07, 6.45) is 0.280. The number of benzene rings is 1. The summed E-state index contributed by atoms with van der Waals surface area (Å²) in [5.41, 5.74) is 2.34. The molecule has 1 N–H and O–H groups in total. The number of carbonyl (C=O) groups excluding carboxylic acids is 1. The van der Waals surface area contributed by atoms with E-state index in [0.717, 1.165) is 11.3 Å². The van der Waals surface area contributed by atoms with E-state index in [2.05, 4.69) is 18.3 Å². The van der Waals surface area contributed by atoms with E-state index in [9.17, 15) is 4.79 Å². The van der Waals surface area contributed by atoms with Gasteiger partial charge in [-0.3, -0.25) is 4.79 Å². The van der Waals surface area contributed by atoms with E-state index in [0.29, 0.717) is 18.8 Å². The molecule has 18 heavy (non-hydrogen) atoms. The summed E-state index contributed by atoms with van der Waals surface area (Å²) in [6, 6.07) is 5.96. The van der Waals surface area contributed by atoms with Crippen LogP contribution < -0.4 is 10.1 Å². The fourth-order valence-corrected chi connectivity index (χ4v) is 1.71. The van der Waals surface area contributed by atoms with Crippen molar-refractivity contribution >= 4 is 17.5 Å². The Bertz CT molecular complexity index is 407. The number of carbonyl (C=O) groups is 1. The summed E-state index contributed by atoms with van der Waals surface area (Å²) >= 11 is 5.49. The van der Waals surface area contributed by atoms with Crippen LogP contribution in [0.2, 0.25) is 0 Å². The maximum absolute atomic E-state index is 11.3. The van der Waals surface area contributed by atoms with Crippen molar-refractivity contribution in [1.29, 1.82) is 0 Å². The van der Waals surface area contributed by atoms with Gasteiger partial charge in [0.05, 0.1) is 6.54 Å². The second-order valence-corrected chi connectivity index (χ2v) is 4.75. The van der Waals surface area contributed by atoms with Crippen LogP contribution in [0.25, 0.3) is 0 Å². The van der Waals surface area contributed by atoms with Crippen molar-refractivity contribution in [2.75, 3.05) is 12.4 Å². The maximum Gasteiger partial charge on any atom is 0.221 e. The fourth-order valence-electron chi connectivity index (χ4n) is 1.54. The van der Waals surface area contributed by atoms with Crippen molar-refractivity contribution in [2.45, 2.75) is 33.3 Å². The summed E-state index contributed by atoms with van der Waals surface area (Å²) in [4.78, 5) is 11.3. The average Bonchev–Trinajstić information content (AvgIpc) is 2.33. The molecule has 0 aliphatic carbocycles. The number of aryl methyl sites for hydroxylation is 1. The molecule has 0 spiro atoms. The Kier molecular flexibility index (Phi) is 5.99. The SMILES string of the molecule is Cc1cccc(OC(C)CNC(=O)CCCl)c1C. The number of nitrogens with one attached hydrogen (secondary N) is 1. The zero-order valence-electron chi connectivity index (χ0n) is 11.1. The molecule has 1 aromatic rings. The zero-order chi connectivity index (χ0) is 13.5. The Morgan fingerprint density at radius 2 is 2.17 bits per heavy atom. The van der Waals surface area contributed by atoms with Gasteiger partial charge in [0.15, 0.2) is 0 Å². The monoisotopic (exact) mass is 269 g/mol. The third-order valence-corrected chi connectivity index (χ3v) is 2.98. The smallest absolute Gasteiger partial charge is 0.221 e. The molecular weight excluding hydrogens is 250 g/mol. The molecule has 0 saturated carbocycles. The molecule has 1 rings (SSSR count). The van der Waals surface area contributed by atoms with Gasteiger partial charge in [0, 0.05) is 12.3 Å². The number of rotatable bonds is 6. The van der Waals surface area contributed by atoms with E-state index >= 15 is 0 Å². The average molecular weight is 270 g/mol. The molecule has 1 aromatic carbocycles. The van der Waals surface area contributed by atoms with Crippen LogP contribution in [0.3, 0.4) is 0 Å². The first kappa shape index (κ1) is 14.8. The van der Waals surface area contributed by atoms with Gasteiger partial charge in [0.2, 0.25) is 5.91 Å².